The number of halogens is 2. The van der Waals surface area contributed by atoms with Gasteiger partial charge in [0.15, 0.2) is 0 Å². The topological polar surface area (TPSA) is 29.1 Å². The van der Waals surface area contributed by atoms with E-state index in [4.69, 9.17) is 0 Å². The third kappa shape index (κ3) is 5.29. The Morgan fingerprint density at radius 1 is 1.12 bits per heavy atom. The van der Waals surface area contributed by atoms with Crippen molar-refractivity contribution in [2.24, 2.45) is 5.92 Å². The van der Waals surface area contributed by atoms with Gasteiger partial charge in [-0.2, -0.15) is 0 Å². The van der Waals surface area contributed by atoms with Crippen LogP contribution in [0.5, 0.6) is 0 Å². The van der Waals surface area contributed by atoms with Crippen LogP contribution in [0, 0.1) is 5.92 Å². The standard InChI is InChI=1S/C13H23Br2NO/c1-13(9-14,10-15)16-12(17)11-7-5-3-2-4-6-8-11/h11H,2-10H2,1H3,(H,16,17). The van der Waals surface area contributed by atoms with Gasteiger partial charge in [-0.25, -0.2) is 0 Å². The van der Waals surface area contributed by atoms with E-state index in [9.17, 15) is 4.79 Å². The molecule has 0 spiro atoms. The van der Waals surface area contributed by atoms with E-state index in [1.54, 1.807) is 0 Å². The third-order valence-corrected chi connectivity index (χ3v) is 5.97. The van der Waals surface area contributed by atoms with Crippen LogP contribution < -0.4 is 5.32 Å². The Balaban J connectivity index is 2.49. The molecule has 0 bridgehead atoms. The number of carbonyl (C=O) groups is 1. The quantitative estimate of drug-likeness (QED) is 0.746. The zero-order chi connectivity index (χ0) is 12.7. The second kappa shape index (κ2) is 7.78. The van der Waals surface area contributed by atoms with E-state index in [2.05, 4.69) is 44.1 Å². The van der Waals surface area contributed by atoms with Crippen molar-refractivity contribution < 1.29 is 4.79 Å². The zero-order valence-corrected chi connectivity index (χ0v) is 13.8. The molecule has 0 unspecified atom stereocenters. The molecule has 1 amide bonds. The molecule has 1 fully saturated rings. The molecule has 0 heterocycles. The lowest BCUT2D eigenvalue weighted by atomic mass is 9.90. The predicted molar refractivity (Wildman–Crippen MR) is 79.9 cm³/mol. The number of rotatable bonds is 4. The highest BCUT2D eigenvalue weighted by Gasteiger charge is 2.27. The first-order chi connectivity index (χ1) is 8.11. The zero-order valence-electron chi connectivity index (χ0n) is 10.6. The Bertz CT molecular complexity index is 234. The van der Waals surface area contributed by atoms with Crippen molar-refractivity contribution in [2.45, 2.75) is 57.4 Å². The van der Waals surface area contributed by atoms with Crippen LogP contribution in [0.4, 0.5) is 0 Å². The monoisotopic (exact) mass is 367 g/mol. The molecule has 1 rings (SSSR count). The maximum atomic E-state index is 12.2. The summed E-state index contributed by atoms with van der Waals surface area (Å²) in [6, 6.07) is 0. The van der Waals surface area contributed by atoms with Crippen LogP contribution in [0.15, 0.2) is 0 Å². The fourth-order valence-electron chi connectivity index (χ4n) is 2.22. The summed E-state index contributed by atoms with van der Waals surface area (Å²) in [4.78, 5) is 12.2. The molecule has 17 heavy (non-hydrogen) atoms. The second-order valence-electron chi connectivity index (χ2n) is 5.36. The summed E-state index contributed by atoms with van der Waals surface area (Å²) in [6.07, 6.45) is 8.46. The van der Waals surface area contributed by atoms with Gasteiger partial charge in [0.1, 0.15) is 0 Å². The minimum atomic E-state index is -0.167. The van der Waals surface area contributed by atoms with Crippen molar-refractivity contribution in [3.05, 3.63) is 0 Å². The third-order valence-electron chi connectivity index (χ3n) is 3.49. The number of hydrogen-bond donors (Lipinski definition) is 1. The molecule has 100 valence electrons. The molecule has 1 aliphatic rings. The van der Waals surface area contributed by atoms with Gasteiger partial charge < -0.3 is 5.32 Å². The molecular formula is C13H23Br2NO. The molecule has 0 aromatic carbocycles. The lowest BCUT2D eigenvalue weighted by Gasteiger charge is -2.29. The summed E-state index contributed by atoms with van der Waals surface area (Å²) in [7, 11) is 0. The SMILES string of the molecule is CC(CBr)(CBr)NC(=O)C1CCCCCCC1. The summed E-state index contributed by atoms with van der Waals surface area (Å²) >= 11 is 6.94. The highest BCUT2D eigenvalue weighted by molar-refractivity contribution is 9.09. The lowest BCUT2D eigenvalue weighted by molar-refractivity contribution is -0.126. The predicted octanol–water partition coefficient (Wildman–Crippen LogP) is 4.01. The molecule has 0 aromatic heterocycles. The van der Waals surface area contributed by atoms with E-state index >= 15 is 0 Å². The van der Waals surface area contributed by atoms with Crippen LogP contribution in [0.25, 0.3) is 0 Å². The van der Waals surface area contributed by atoms with Gasteiger partial charge in [-0.05, 0) is 19.8 Å². The molecule has 4 heteroatoms. The van der Waals surface area contributed by atoms with Gasteiger partial charge in [0, 0.05) is 16.6 Å². The van der Waals surface area contributed by atoms with E-state index in [1.807, 2.05) is 0 Å². The summed E-state index contributed by atoms with van der Waals surface area (Å²) in [5, 5.41) is 4.74. The largest absolute Gasteiger partial charge is 0.349 e. The molecule has 0 saturated heterocycles. The lowest BCUT2D eigenvalue weighted by Crippen LogP contribution is -2.51. The second-order valence-corrected chi connectivity index (χ2v) is 6.48. The summed E-state index contributed by atoms with van der Waals surface area (Å²) in [6.45, 7) is 2.07. The molecule has 0 aromatic rings. The number of nitrogens with one attached hydrogen (secondary N) is 1. The number of alkyl halides is 2. The highest BCUT2D eigenvalue weighted by Crippen LogP contribution is 2.23. The normalized spacial score (nSPS) is 19.5. The van der Waals surface area contributed by atoms with E-state index in [-0.39, 0.29) is 17.4 Å². The van der Waals surface area contributed by atoms with E-state index in [1.165, 1.54) is 32.1 Å². The van der Waals surface area contributed by atoms with Gasteiger partial charge in [-0.3, -0.25) is 4.79 Å². The Morgan fingerprint density at radius 3 is 2.06 bits per heavy atom. The van der Waals surface area contributed by atoms with Crippen molar-refractivity contribution >= 4 is 37.8 Å². The van der Waals surface area contributed by atoms with Crippen molar-refractivity contribution in [1.82, 2.24) is 5.32 Å². The fourth-order valence-corrected chi connectivity index (χ4v) is 3.43. The van der Waals surface area contributed by atoms with Crippen molar-refractivity contribution in [3.8, 4) is 0 Å². The molecule has 0 radical (unpaired) electrons. The molecule has 1 N–H and O–H groups in total. The maximum Gasteiger partial charge on any atom is 0.223 e. The average molecular weight is 369 g/mol. The smallest absolute Gasteiger partial charge is 0.223 e. The van der Waals surface area contributed by atoms with Gasteiger partial charge in [-0.1, -0.05) is 64.0 Å². The number of hydrogen-bond acceptors (Lipinski definition) is 1. The number of carbonyl (C=O) groups excluding carboxylic acids is 1. The average Bonchev–Trinajstić information content (AvgIpc) is 2.28. The highest BCUT2D eigenvalue weighted by atomic mass is 79.9. The molecule has 0 atom stereocenters. The van der Waals surface area contributed by atoms with Gasteiger partial charge >= 0.3 is 0 Å². The minimum absolute atomic E-state index is 0.167. The first kappa shape index (κ1) is 15.5. The number of amides is 1. The van der Waals surface area contributed by atoms with E-state index in [0.29, 0.717) is 0 Å². The maximum absolute atomic E-state index is 12.2. The first-order valence-electron chi connectivity index (χ1n) is 6.55. The molecule has 1 saturated carbocycles. The van der Waals surface area contributed by atoms with Gasteiger partial charge in [0.25, 0.3) is 0 Å². The van der Waals surface area contributed by atoms with Crippen molar-refractivity contribution in [3.63, 3.8) is 0 Å². The molecule has 1 aliphatic carbocycles. The van der Waals surface area contributed by atoms with Gasteiger partial charge in [0.2, 0.25) is 5.91 Å². The van der Waals surface area contributed by atoms with E-state index < -0.39 is 0 Å². The Kier molecular flexibility index (Phi) is 7.08. The van der Waals surface area contributed by atoms with Crippen molar-refractivity contribution in [1.29, 1.82) is 0 Å². The van der Waals surface area contributed by atoms with Crippen LogP contribution in [-0.2, 0) is 4.79 Å². The molecule has 2 nitrogen and oxygen atoms in total. The van der Waals surface area contributed by atoms with E-state index in [0.717, 1.165) is 23.5 Å². The van der Waals surface area contributed by atoms with Gasteiger partial charge in [-0.15, -0.1) is 0 Å². The Labute approximate surface area is 122 Å². The van der Waals surface area contributed by atoms with Crippen molar-refractivity contribution in [2.75, 3.05) is 10.7 Å². The summed E-state index contributed by atoms with van der Waals surface area (Å²) in [5.74, 6) is 0.473. The first-order valence-corrected chi connectivity index (χ1v) is 8.79. The van der Waals surface area contributed by atoms with Crippen LogP contribution in [0.3, 0.4) is 0 Å². The van der Waals surface area contributed by atoms with Crippen LogP contribution in [0.1, 0.15) is 51.9 Å². The minimum Gasteiger partial charge on any atom is -0.349 e. The summed E-state index contributed by atoms with van der Waals surface area (Å²) in [5.41, 5.74) is -0.167. The van der Waals surface area contributed by atoms with Crippen LogP contribution in [-0.4, -0.2) is 22.1 Å². The van der Waals surface area contributed by atoms with Crippen LogP contribution in [0.2, 0.25) is 0 Å². The van der Waals surface area contributed by atoms with Crippen LogP contribution >= 0.6 is 31.9 Å². The Morgan fingerprint density at radius 2 is 1.59 bits per heavy atom. The molecule has 0 aliphatic heterocycles. The fraction of sp³-hybridized carbons (Fsp3) is 0.923. The van der Waals surface area contributed by atoms with Gasteiger partial charge in [0.05, 0.1) is 5.54 Å². The molecular weight excluding hydrogens is 346 g/mol. The summed E-state index contributed by atoms with van der Waals surface area (Å²) < 4.78 is 0. The Hall–Kier alpha value is 0.430.